The summed E-state index contributed by atoms with van der Waals surface area (Å²) in [4.78, 5) is 14.7. The van der Waals surface area contributed by atoms with Crippen LogP contribution in [0.4, 0.5) is 5.69 Å². The van der Waals surface area contributed by atoms with Crippen LogP contribution in [-0.2, 0) is 17.0 Å². The fraction of sp³-hybridized carbons (Fsp3) is 0.286. The Morgan fingerprint density at radius 2 is 2.00 bits per heavy atom. The van der Waals surface area contributed by atoms with Crippen molar-refractivity contribution in [3.63, 3.8) is 0 Å². The summed E-state index contributed by atoms with van der Waals surface area (Å²) in [6, 6.07) is 20.0. The Bertz CT molecular complexity index is 1400. The first-order valence-electron chi connectivity index (χ1n) is 11.8. The number of hydroxylamine groups is 2. The lowest BCUT2D eigenvalue weighted by Gasteiger charge is -2.41. The number of hydrogen-bond acceptors (Lipinski definition) is 5. The molecule has 2 N–H and O–H groups in total. The van der Waals surface area contributed by atoms with E-state index in [1.54, 1.807) is 13.1 Å². The lowest BCUT2D eigenvalue weighted by Crippen LogP contribution is -2.42. The van der Waals surface area contributed by atoms with E-state index < -0.39 is 5.72 Å². The van der Waals surface area contributed by atoms with Crippen molar-refractivity contribution < 1.29 is 9.57 Å². The van der Waals surface area contributed by atoms with Gasteiger partial charge >= 0.3 is 0 Å². The maximum Gasteiger partial charge on any atom is 0.221 e. The van der Waals surface area contributed by atoms with Crippen LogP contribution in [0.2, 0.25) is 5.02 Å². The third-order valence-electron chi connectivity index (χ3n) is 7.27. The molecular weight excluding hydrogens is 460 g/mol. The van der Waals surface area contributed by atoms with Crippen LogP contribution in [0.3, 0.4) is 0 Å². The number of guanidine groups is 1. The molecule has 3 aliphatic rings. The SMILES string of the molecule is [C-]#[N+]c1cc(Cl)cc(-c2ccc3c(c2)C2(CC(C4CCCc5ccccc54)O3)N=C(N)N(C)O2)c1. The number of nitrogens with zero attached hydrogens (tertiary/aromatic N) is 3. The number of ether oxygens (including phenoxy) is 1. The highest BCUT2D eigenvalue weighted by Crippen LogP contribution is 2.51. The first kappa shape index (κ1) is 22.0. The van der Waals surface area contributed by atoms with E-state index in [1.165, 1.54) is 16.2 Å². The summed E-state index contributed by atoms with van der Waals surface area (Å²) in [7, 11) is 1.77. The van der Waals surface area contributed by atoms with Gasteiger partial charge in [-0.1, -0.05) is 41.9 Å². The van der Waals surface area contributed by atoms with Gasteiger partial charge in [-0.2, -0.15) is 0 Å². The number of halogens is 1. The molecule has 176 valence electrons. The van der Waals surface area contributed by atoms with Gasteiger partial charge in [-0.15, -0.1) is 0 Å². The average Bonchev–Trinajstić information content (AvgIpc) is 3.15. The molecular formula is C28H25ClN4O2. The summed E-state index contributed by atoms with van der Waals surface area (Å²) < 4.78 is 6.66. The van der Waals surface area contributed by atoms with E-state index in [-0.39, 0.29) is 12.0 Å². The number of aryl methyl sites for hydroxylation is 1. The van der Waals surface area contributed by atoms with E-state index in [0.29, 0.717) is 23.1 Å². The summed E-state index contributed by atoms with van der Waals surface area (Å²) in [5.41, 5.74) is 11.1. The second-order valence-electron chi connectivity index (χ2n) is 9.42. The molecule has 3 atom stereocenters. The molecule has 2 heterocycles. The summed E-state index contributed by atoms with van der Waals surface area (Å²) in [6.07, 6.45) is 3.74. The fourth-order valence-electron chi connectivity index (χ4n) is 5.65. The van der Waals surface area contributed by atoms with Crippen molar-refractivity contribution in [2.45, 2.75) is 43.4 Å². The average molecular weight is 485 g/mol. The van der Waals surface area contributed by atoms with Gasteiger partial charge in [0.05, 0.1) is 12.1 Å². The number of fused-ring (bicyclic) bond motifs is 3. The lowest BCUT2D eigenvalue weighted by atomic mass is 9.76. The minimum Gasteiger partial charge on any atom is -0.489 e. The van der Waals surface area contributed by atoms with E-state index in [9.17, 15) is 0 Å². The van der Waals surface area contributed by atoms with Gasteiger partial charge in [-0.3, -0.25) is 0 Å². The topological polar surface area (TPSA) is 64.4 Å². The van der Waals surface area contributed by atoms with Gasteiger partial charge in [0.1, 0.15) is 11.9 Å². The Kier molecular flexibility index (Phi) is 5.21. The van der Waals surface area contributed by atoms with Crippen molar-refractivity contribution in [3.05, 3.63) is 93.8 Å². The van der Waals surface area contributed by atoms with Crippen molar-refractivity contribution in [3.8, 4) is 16.9 Å². The molecule has 1 spiro atoms. The van der Waals surface area contributed by atoms with E-state index in [1.807, 2.05) is 30.3 Å². The van der Waals surface area contributed by atoms with Crippen LogP contribution in [0, 0.1) is 6.57 Å². The van der Waals surface area contributed by atoms with Crippen LogP contribution in [0.25, 0.3) is 16.0 Å². The number of rotatable bonds is 2. The van der Waals surface area contributed by atoms with Crippen LogP contribution in [0.15, 0.2) is 65.7 Å². The maximum absolute atomic E-state index is 7.39. The third kappa shape index (κ3) is 3.72. The van der Waals surface area contributed by atoms with E-state index in [2.05, 4.69) is 29.1 Å². The summed E-state index contributed by atoms with van der Waals surface area (Å²) >= 11 is 6.29. The number of nitrogens with two attached hydrogens (primary N) is 1. The molecule has 7 heteroatoms. The van der Waals surface area contributed by atoms with E-state index in [0.717, 1.165) is 41.7 Å². The molecule has 0 saturated heterocycles. The second-order valence-corrected chi connectivity index (χ2v) is 9.86. The van der Waals surface area contributed by atoms with Gasteiger partial charge in [-0.05, 0) is 71.8 Å². The molecule has 35 heavy (non-hydrogen) atoms. The highest BCUT2D eigenvalue weighted by molar-refractivity contribution is 6.31. The van der Waals surface area contributed by atoms with Gasteiger partial charge in [0.15, 0.2) is 5.69 Å². The zero-order valence-electron chi connectivity index (χ0n) is 19.4. The van der Waals surface area contributed by atoms with Crippen molar-refractivity contribution in [2.24, 2.45) is 10.7 Å². The van der Waals surface area contributed by atoms with Gasteiger partial charge in [0.25, 0.3) is 0 Å². The predicted molar refractivity (Wildman–Crippen MR) is 136 cm³/mol. The first-order valence-corrected chi connectivity index (χ1v) is 12.2. The zero-order chi connectivity index (χ0) is 24.2. The van der Waals surface area contributed by atoms with Crippen molar-refractivity contribution in [2.75, 3.05) is 7.05 Å². The largest absolute Gasteiger partial charge is 0.489 e. The second kappa shape index (κ2) is 8.30. The maximum atomic E-state index is 7.39. The smallest absolute Gasteiger partial charge is 0.221 e. The first-order chi connectivity index (χ1) is 17.0. The van der Waals surface area contributed by atoms with Crippen molar-refractivity contribution in [1.82, 2.24) is 5.06 Å². The molecule has 6 rings (SSSR count). The monoisotopic (exact) mass is 484 g/mol. The molecule has 0 saturated carbocycles. The molecule has 3 unspecified atom stereocenters. The molecule has 0 fully saturated rings. The van der Waals surface area contributed by atoms with E-state index >= 15 is 0 Å². The summed E-state index contributed by atoms with van der Waals surface area (Å²) in [6.45, 7) is 7.39. The van der Waals surface area contributed by atoms with Gasteiger partial charge < -0.3 is 10.5 Å². The minimum atomic E-state index is -0.972. The number of aliphatic imine (C=N–C) groups is 1. The Balaban J connectivity index is 1.45. The van der Waals surface area contributed by atoms with Crippen molar-refractivity contribution in [1.29, 1.82) is 0 Å². The number of benzene rings is 3. The Labute approximate surface area is 209 Å². The molecule has 0 amide bonds. The predicted octanol–water partition coefficient (Wildman–Crippen LogP) is 6.17. The van der Waals surface area contributed by atoms with Gasteiger partial charge in [0, 0.05) is 24.4 Å². The van der Waals surface area contributed by atoms with Crippen LogP contribution in [0.5, 0.6) is 5.75 Å². The lowest BCUT2D eigenvalue weighted by molar-refractivity contribution is -0.192. The zero-order valence-corrected chi connectivity index (χ0v) is 20.1. The molecule has 3 aromatic carbocycles. The highest BCUT2D eigenvalue weighted by Gasteiger charge is 2.50. The molecule has 0 radical (unpaired) electrons. The molecule has 0 aromatic heterocycles. The van der Waals surface area contributed by atoms with Gasteiger partial charge in [-0.25, -0.2) is 19.7 Å². The minimum absolute atomic E-state index is 0.0993. The fourth-order valence-corrected chi connectivity index (χ4v) is 5.88. The van der Waals surface area contributed by atoms with Crippen LogP contribution in [0.1, 0.15) is 41.9 Å². The van der Waals surface area contributed by atoms with Crippen LogP contribution in [-0.4, -0.2) is 24.2 Å². The van der Waals surface area contributed by atoms with Crippen LogP contribution >= 0.6 is 11.6 Å². The molecule has 1 aliphatic carbocycles. The third-order valence-corrected chi connectivity index (χ3v) is 7.49. The Hall–Kier alpha value is -3.53. The van der Waals surface area contributed by atoms with Gasteiger partial charge in [0.2, 0.25) is 11.7 Å². The standard InChI is InChI=1S/C28H25ClN4O2/c1-31-21-13-19(12-20(29)15-21)18-10-11-25-24(14-18)28(32-27(30)33(2)35-28)16-26(34-25)23-9-5-7-17-6-3-4-8-22(17)23/h3-4,6,8,10-15,23,26H,5,7,9,16H2,2H3,(H2,30,32). The molecule has 6 nitrogen and oxygen atoms in total. The molecule has 0 bridgehead atoms. The summed E-state index contributed by atoms with van der Waals surface area (Å²) in [5, 5.41) is 2.05. The Morgan fingerprint density at radius 1 is 1.14 bits per heavy atom. The van der Waals surface area contributed by atoms with Crippen molar-refractivity contribution >= 4 is 23.2 Å². The van der Waals surface area contributed by atoms with E-state index in [4.69, 9.17) is 38.5 Å². The molecule has 3 aromatic rings. The summed E-state index contributed by atoms with van der Waals surface area (Å²) in [5.74, 6) is 1.33. The quantitative estimate of drug-likeness (QED) is 0.441. The number of hydrogen-bond donors (Lipinski definition) is 1. The molecule has 2 aliphatic heterocycles. The Morgan fingerprint density at radius 3 is 2.80 bits per heavy atom. The highest BCUT2D eigenvalue weighted by atomic mass is 35.5. The normalized spacial score (nSPS) is 24.8. The van der Waals surface area contributed by atoms with Crippen LogP contribution < -0.4 is 10.5 Å².